The normalized spacial score (nSPS) is 11.8. The molecule has 0 amide bonds. The molecule has 2 aromatic rings. The summed E-state index contributed by atoms with van der Waals surface area (Å²) in [6, 6.07) is 13.3. The van der Waals surface area contributed by atoms with Crippen molar-refractivity contribution >= 4 is 40.6 Å². The molecule has 138 valence electrons. The zero-order valence-corrected chi connectivity index (χ0v) is 16.9. The van der Waals surface area contributed by atoms with E-state index in [-0.39, 0.29) is 6.04 Å². The van der Waals surface area contributed by atoms with Gasteiger partial charge < -0.3 is 15.4 Å². The van der Waals surface area contributed by atoms with Crippen LogP contribution >= 0.6 is 23.8 Å². The fourth-order valence-corrected chi connectivity index (χ4v) is 3.16. The maximum absolute atomic E-state index is 11.8. The standard InChI is InChI=1S/C20H23ClN2O2S/c1-12(2)18(15-8-6-5-7-13(15)3)23-20(26)22-14-9-10-17(21)16(11-14)19(24)25-4/h5-12,18H,1-4H3,(H2,22,23,26)/t18-/m0/s1. The lowest BCUT2D eigenvalue weighted by Gasteiger charge is -2.26. The number of rotatable bonds is 5. The highest BCUT2D eigenvalue weighted by Gasteiger charge is 2.19. The first-order valence-electron chi connectivity index (χ1n) is 8.34. The maximum Gasteiger partial charge on any atom is 0.339 e. The first-order valence-corrected chi connectivity index (χ1v) is 9.13. The van der Waals surface area contributed by atoms with Gasteiger partial charge in [-0.1, -0.05) is 49.7 Å². The molecule has 0 unspecified atom stereocenters. The van der Waals surface area contributed by atoms with E-state index in [0.717, 1.165) is 0 Å². The number of benzene rings is 2. The number of hydrogen-bond acceptors (Lipinski definition) is 3. The minimum Gasteiger partial charge on any atom is -0.465 e. The summed E-state index contributed by atoms with van der Waals surface area (Å²) in [7, 11) is 1.32. The van der Waals surface area contributed by atoms with Crippen LogP contribution in [0.5, 0.6) is 0 Å². The Bertz CT molecular complexity index is 808. The molecule has 0 saturated carbocycles. The van der Waals surface area contributed by atoms with Gasteiger partial charge in [-0.05, 0) is 54.4 Å². The van der Waals surface area contributed by atoms with Crippen molar-refractivity contribution < 1.29 is 9.53 Å². The van der Waals surface area contributed by atoms with E-state index in [0.29, 0.717) is 27.3 Å². The molecule has 4 nitrogen and oxygen atoms in total. The Labute approximate surface area is 164 Å². The van der Waals surface area contributed by atoms with E-state index in [1.165, 1.54) is 18.2 Å². The minimum absolute atomic E-state index is 0.0728. The van der Waals surface area contributed by atoms with Gasteiger partial charge in [0, 0.05) is 5.69 Å². The second-order valence-electron chi connectivity index (χ2n) is 6.36. The Morgan fingerprint density at radius 1 is 1.19 bits per heavy atom. The van der Waals surface area contributed by atoms with Gasteiger partial charge in [-0.15, -0.1) is 0 Å². The second kappa shape index (κ2) is 9.01. The second-order valence-corrected chi connectivity index (χ2v) is 7.18. The molecule has 2 aromatic carbocycles. The summed E-state index contributed by atoms with van der Waals surface area (Å²) in [5.41, 5.74) is 3.37. The summed E-state index contributed by atoms with van der Waals surface area (Å²) < 4.78 is 4.74. The number of thiocarbonyl (C=S) groups is 1. The summed E-state index contributed by atoms with van der Waals surface area (Å²) >= 11 is 11.5. The molecule has 0 heterocycles. The maximum atomic E-state index is 11.8. The average Bonchev–Trinajstić information content (AvgIpc) is 2.61. The number of carbonyl (C=O) groups excluding carboxylic acids is 1. The predicted octanol–water partition coefficient (Wildman–Crippen LogP) is 5.12. The summed E-state index contributed by atoms with van der Waals surface area (Å²) in [5, 5.41) is 7.30. The summed E-state index contributed by atoms with van der Waals surface area (Å²) in [6.45, 7) is 6.37. The first kappa shape index (κ1) is 20.2. The number of anilines is 1. The lowest BCUT2D eigenvalue weighted by atomic mass is 9.93. The van der Waals surface area contributed by atoms with E-state index in [1.807, 2.05) is 12.1 Å². The molecule has 0 fully saturated rings. The summed E-state index contributed by atoms with van der Waals surface area (Å²) in [6.07, 6.45) is 0. The number of hydrogen-bond donors (Lipinski definition) is 2. The number of halogens is 1. The molecular weight excluding hydrogens is 368 g/mol. The summed E-state index contributed by atoms with van der Waals surface area (Å²) in [5.74, 6) is -0.149. The SMILES string of the molecule is COC(=O)c1cc(NC(=S)N[C@H](c2ccccc2C)C(C)C)ccc1Cl. The quantitative estimate of drug-likeness (QED) is 0.548. The van der Waals surface area contributed by atoms with Gasteiger partial charge in [-0.25, -0.2) is 4.79 Å². The molecule has 0 saturated heterocycles. The molecule has 0 spiro atoms. The topological polar surface area (TPSA) is 50.4 Å². The lowest BCUT2D eigenvalue weighted by Crippen LogP contribution is -2.35. The van der Waals surface area contributed by atoms with Crippen molar-refractivity contribution in [2.24, 2.45) is 5.92 Å². The molecule has 0 aliphatic rings. The molecular formula is C20H23ClN2O2S. The van der Waals surface area contributed by atoms with Crippen LogP contribution in [0.15, 0.2) is 42.5 Å². The molecule has 0 aliphatic carbocycles. The zero-order valence-electron chi connectivity index (χ0n) is 15.3. The molecule has 0 aromatic heterocycles. The van der Waals surface area contributed by atoms with Crippen LogP contribution < -0.4 is 10.6 Å². The van der Waals surface area contributed by atoms with Crippen LogP contribution in [0.3, 0.4) is 0 Å². The zero-order chi connectivity index (χ0) is 19.3. The minimum atomic E-state index is -0.488. The van der Waals surface area contributed by atoms with Crippen LogP contribution in [0, 0.1) is 12.8 Å². The van der Waals surface area contributed by atoms with Gasteiger partial charge in [0.2, 0.25) is 0 Å². The van der Waals surface area contributed by atoms with E-state index in [2.05, 4.69) is 43.5 Å². The van der Waals surface area contributed by atoms with Gasteiger partial charge in [0.15, 0.2) is 5.11 Å². The van der Waals surface area contributed by atoms with E-state index >= 15 is 0 Å². The van der Waals surface area contributed by atoms with Crippen molar-refractivity contribution in [1.82, 2.24) is 5.32 Å². The molecule has 2 rings (SSSR count). The Morgan fingerprint density at radius 3 is 2.50 bits per heavy atom. The van der Waals surface area contributed by atoms with E-state index in [9.17, 15) is 4.79 Å². The van der Waals surface area contributed by atoms with Crippen molar-refractivity contribution in [3.05, 3.63) is 64.2 Å². The van der Waals surface area contributed by atoms with Crippen LogP contribution in [0.2, 0.25) is 5.02 Å². The van der Waals surface area contributed by atoms with Gasteiger partial charge in [-0.3, -0.25) is 0 Å². The average molecular weight is 391 g/mol. The van der Waals surface area contributed by atoms with Crippen LogP contribution in [0.25, 0.3) is 0 Å². The van der Waals surface area contributed by atoms with Crippen LogP contribution in [0.4, 0.5) is 5.69 Å². The molecule has 6 heteroatoms. The van der Waals surface area contributed by atoms with Gasteiger partial charge in [0.1, 0.15) is 0 Å². The third-order valence-corrected chi connectivity index (χ3v) is 4.66. The van der Waals surface area contributed by atoms with Gasteiger partial charge in [-0.2, -0.15) is 0 Å². The first-order chi connectivity index (χ1) is 12.3. The van der Waals surface area contributed by atoms with Crippen LogP contribution in [-0.2, 0) is 4.74 Å². The number of nitrogens with one attached hydrogen (secondary N) is 2. The van der Waals surface area contributed by atoms with Crippen molar-refractivity contribution in [3.63, 3.8) is 0 Å². The highest BCUT2D eigenvalue weighted by atomic mass is 35.5. The van der Waals surface area contributed by atoms with Crippen LogP contribution in [-0.4, -0.2) is 18.2 Å². The number of methoxy groups -OCH3 is 1. The lowest BCUT2D eigenvalue weighted by molar-refractivity contribution is 0.0601. The molecule has 0 aliphatic heterocycles. The van der Waals surface area contributed by atoms with Gasteiger partial charge >= 0.3 is 5.97 Å². The Kier molecular flexibility index (Phi) is 7.00. The van der Waals surface area contributed by atoms with Crippen molar-refractivity contribution in [3.8, 4) is 0 Å². The number of carbonyl (C=O) groups is 1. The number of ether oxygens (including phenoxy) is 1. The fraction of sp³-hybridized carbons (Fsp3) is 0.300. The van der Waals surface area contributed by atoms with Crippen molar-refractivity contribution in [2.45, 2.75) is 26.8 Å². The summed E-state index contributed by atoms with van der Waals surface area (Å²) in [4.78, 5) is 11.8. The molecule has 2 N–H and O–H groups in total. The van der Waals surface area contributed by atoms with Gasteiger partial charge in [0.05, 0.1) is 23.7 Å². The smallest absolute Gasteiger partial charge is 0.339 e. The number of aryl methyl sites for hydroxylation is 1. The monoisotopic (exact) mass is 390 g/mol. The van der Waals surface area contributed by atoms with Crippen molar-refractivity contribution in [2.75, 3.05) is 12.4 Å². The Hall–Kier alpha value is -2.11. The fourth-order valence-electron chi connectivity index (χ4n) is 2.72. The third kappa shape index (κ3) is 4.96. The van der Waals surface area contributed by atoms with E-state index in [1.54, 1.807) is 18.2 Å². The van der Waals surface area contributed by atoms with Crippen LogP contribution in [0.1, 0.15) is 41.4 Å². The van der Waals surface area contributed by atoms with Gasteiger partial charge in [0.25, 0.3) is 0 Å². The van der Waals surface area contributed by atoms with Crippen molar-refractivity contribution in [1.29, 1.82) is 0 Å². The predicted molar refractivity (Wildman–Crippen MR) is 111 cm³/mol. The Balaban J connectivity index is 2.17. The number of esters is 1. The highest BCUT2D eigenvalue weighted by Crippen LogP contribution is 2.25. The molecule has 0 bridgehead atoms. The molecule has 0 radical (unpaired) electrons. The van der Waals surface area contributed by atoms with E-state index < -0.39 is 5.97 Å². The van der Waals surface area contributed by atoms with E-state index in [4.69, 9.17) is 28.6 Å². The third-order valence-electron chi connectivity index (χ3n) is 4.11. The Morgan fingerprint density at radius 2 is 1.88 bits per heavy atom. The molecule has 1 atom stereocenters. The highest BCUT2D eigenvalue weighted by molar-refractivity contribution is 7.80. The molecule has 26 heavy (non-hydrogen) atoms. The largest absolute Gasteiger partial charge is 0.465 e.